The molecule has 5 heteroatoms. The molecule has 3 aromatic heterocycles. The van der Waals surface area contributed by atoms with Crippen LogP contribution in [0.4, 0.5) is 0 Å². The summed E-state index contributed by atoms with van der Waals surface area (Å²) >= 11 is 0. The largest absolute Gasteiger partial charge is 0.372 e. The van der Waals surface area contributed by atoms with E-state index in [-0.39, 0.29) is 0 Å². The summed E-state index contributed by atoms with van der Waals surface area (Å²) in [4.78, 5) is 14.8. The predicted octanol–water partition coefficient (Wildman–Crippen LogP) is 2.56. The van der Waals surface area contributed by atoms with Crippen LogP contribution in [0.5, 0.6) is 0 Å². The van der Waals surface area contributed by atoms with Crippen LogP contribution in [0.3, 0.4) is 0 Å². The fraction of sp³-hybridized carbons (Fsp3) is 0.167. The van der Waals surface area contributed by atoms with Crippen LogP contribution < -0.4 is 0 Å². The summed E-state index contributed by atoms with van der Waals surface area (Å²) in [5.41, 5.74) is 2.39. The van der Waals surface area contributed by atoms with Crippen molar-refractivity contribution in [1.82, 2.24) is 19.9 Å². The van der Waals surface area contributed by atoms with Crippen molar-refractivity contribution in [3.05, 3.63) is 90.3 Å². The number of aliphatic hydroxyl groups is 1. The van der Waals surface area contributed by atoms with E-state index in [1.807, 2.05) is 59.5 Å². The minimum atomic E-state index is -0.819. The molecule has 0 bridgehead atoms. The molecule has 1 N–H and O–H groups in total. The zero-order chi connectivity index (χ0) is 15.9. The monoisotopic (exact) mass is 306 g/mol. The van der Waals surface area contributed by atoms with Crippen molar-refractivity contribution in [3.8, 4) is 0 Å². The van der Waals surface area contributed by atoms with Gasteiger partial charge in [-0.15, -0.1) is 0 Å². The van der Waals surface area contributed by atoms with Gasteiger partial charge in [0.2, 0.25) is 0 Å². The molecule has 0 spiro atoms. The van der Waals surface area contributed by atoms with Gasteiger partial charge in [-0.3, -0.25) is 19.9 Å². The van der Waals surface area contributed by atoms with Gasteiger partial charge in [0.05, 0.1) is 17.1 Å². The molecule has 5 nitrogen and oxygen atoms in total. The lowest BCUT2D eigenvalue weighted by atomic mass is 10.2. The Kier molecular flexibility index (Phi) is 5.03. The van der Waals surface area contributed by atoms with Gasteiger partial charge < -0.3 is 5.11 Å². The number of pyridine rings is 3. The van der Waals surface area contributed by atoms with Crippen molar-refractivity contribution < 1.29 is 5.11 Å². The SMILES string of the molecule is O[C@@H](c1ccccn1)N(Cc1ccccn1)Cc1ccccn1. The lowest BCUT2D eigenvalue weighted by Gasteiger charge is -2.26. The highest BCUT2D eigenvalue weighted by Crippen LogP contribution is 2.20. The fourth-order valence-corrected chi connectivity index (χ4v) is 2.34. The van der Waals surface area contributed by atoms with Crippen molar-refractivity contribution >= 4 is 0 Å². The summed E-state index contributed by atoms with van der Waals surface area (Å²) < 4.78 is 0. The number of hydrogen-bond donors (Lipinski definition) is 1. The molecule has 0 aliphatic heterocycles. The van der Waals surface area contributed by atoms with Crippen molar-refractivity contribution in [1.29, 1.82) is 0 Å². The third kappa shape index (κ3) is 4.18. The van der Waals surface area contributed by atoms with Gasteiger partial charge in [-0.05, 0) is 36.4 Å². The Morgan fingerprint density at radius 3 is 1.70 bits per heavy atom. The summed E-state index contributed by atoms with van der Waals surface area (Å²) in [7, 11) is 0. The molecule has 3 aromatic rings. The number of nitrogens with zero attached hydrogens (tertiary/aromatic N) is 4. The van der Waals surface area contributed by atoms with Crippen molar-refractivity contribution in [3.63, 3.8) is 0 Å². The Morgan fingerprint density at radius 2 is 1.26 bits per heavy atom. The molecule has 3 rings (SSSR count). The molecular weight excluding hydrogens is 288 g/mol. The van der Waals surface area contributed by atoms with Crippen LogP contribution in [-0.4, -0.2) is 25.0 Å². The average Bonchev–Trinajstić information content (AvgIpc) is 2.63. The van der Waals surface area contributed by atoms with E-state index in [1.54, 1.807) is 18.6 Å². The van der Waals surface area contributed by atoms with Crippen LogP contribution in [0.1, 0.15) is 23.3 Å². The van der Waals surface area contributed by atoms with E-state index in [0.717, 1.165) is 11.4 Å². The maximum absolute atomic E-state index is 10.7. The van der Waals surface area contributed by atoms with Gasteiger partial charge in [0.1, 0.15) is 0 Å². The molecule has 116 valence electrons. The second-order valence-electron chi connectivity index (χ2n) is 5.18. The van der Waals surface area contributed by atoms with E-state index >= 15 is 0 Å². The number of aromatic nitrogens is 3. The van der Waals surface area contributed by atoms with E-state index in [1.165, 1.54) is 0 Å². The van der Waals surface area contributed by atoms with Crippen LogP contribution >= 0.6 is 0 Å². The van der Waals surface area contributed by atoms with Gasteiger partial charge in [0.15, 0.2) is 6.23 Å². The lowest BCUT2D eigenvalue weighted by molar-refractivity contribution is -0.0152. The molecule has 0 aliphatic carbocycles. The second-order valence-corrected chi connectivity index (χ2v) is 5.18. The zero-order valence-corrected chi connectivity index (χ0v) is 12.7. The van der Waals surface area contributed by atoms with Crippen LogP contribution in [-0.2, 0) is 13.1 Å². The molecule has 0 aliphatic rings. The quantitative estimate of drug-likeness (QED) is 0.709. The molecule has 0 radical (unpaired) electrons. The predicted molar refractivity (Wildman–Crippen MR) is 86.9 cm³/mol. The normalized spacial score (nSPS) is 12.3. The summed E-state index contributed by atoms with van der Waals surface area (Å²) in [6, 6.07) is 17.0. The minimum Gasteiger partial charge on any atom is -0.372 e. The van der Waals surface area contributed by atoms with E-state index in [9.17, 15) is 5.11 Å². The third-order valence-electron chi connectivity index (χ3n) is 3.48. The van der Waals surface area contributed by atoms with E-state index < -0.39 is 6.23 Å². The highest BCUT2D eigenvalue weighted by molar-refractivity contribution is 5.10. The van der Waals surface area contributed by atoms with Crippen molar-refractivity contribution in [2.24, 2.45) is 0 Å². The van der Waals surface area contributed by atoms with Gasteiger partial charge in [-0.2, -0.15) is 0 Å². The summed E-state index contributed by atoms with van der Waals surface area (Å²) in [5, 5.41) is 10.7. The van der Waals surface area contributed by atoms with Crippen LogP contribution in [0.15, 0.2) is 73.2 Å². The Bertz CT molecular complexity index is 665. The van der Waals surface area contributed by atoms with Crippen molar-refractivity contribution in [2.45, 2.75) is 19.3 Å². The third-order valence-corrected chi connectivity index (χ3v) is 3.48. The van der Waals surface area contributed by atoms with Gasteiger partial charge in [-0.25, -0.2) is 0 Å². The summed E-state index contributed by atoms with van der Waals surface area (Å²) in [5.74, 6) is 0. The first-order valence-corrected chi connectivity index (χ1v) is 7.46. The summed E-state index contributed by atoms with van der Waals surface area (Å²) in [6.45, 7) is 1.02. The molecular formula is C18H18N4O. The van der Waals surface area contributed by atoms with Gasteiger partial charge in [0, 0.05) is 31.7 Å². The van der Waals surface area contributed by atoms with Crippen LogP contribution in [0, 0.1) is 0 Å². The highest BCUT2D eigenvalue weighted by atomic mass is 16.3. The molecule has 0 saturated carbocycles. The molecule has 0 saturated heterocycles. The molecule has 1 atom stereocenters. The Balaban J connectivity index is 1.83. The van der Waals surface area contributed by atoms with Crippen molar-refractivity contribution in [2.75, 3.05) is 0 Å². The van der Waals surface area contributed by atoms with E-state index in [2.05, 4.69) is 15.0 Å². The van der Waals surface area contributed by atoms with Crippen LogP contribution in [0.25, 0.3) is 0 Å². The molecule has 0 amide bonds. The van der Waals surface area contributed by atoms with Gasteiger partial charge >= 0.3 is 0 Å². The number of aliphatic hydroxyl groups excluding tert-OH is 1. The van der Waals surface area contributed by atoms with E-state index in [4.69, 9.17) is 0 Å². The zero-order valence-electron chi connectivity index (χ0n) is 12.7. The maximum Gasteiger partial charge on any atom is 0.151 e. The smallest absolute Gasteiger partial charge is 0.151 e. The van der Waals surface area contributed by atoms with Crippen LogP contribution in [0.2, 0.25) is 0 Å². The highest BCUT2D eigenvalue weighted by Gasteiger charge is 2.20. The van der Waals surface area contributed by atoms with Gasteiger partial charge in [0.25, 0.3) is 0 Å². The van der Waals surface area contributed by atoms with Gasteiger partial charge in [-0.1, -0.05) is 18.2 Å². The maximum atomic E-state index is 10.7. The molecule has 3 heterocycles. The average molecular weight is 306 g/mol. The number of hydrogen-bond acceptors (Lipinski definition) is 5. The molecule has 0 aromatic carbocycles. The second kappa shape index (κ2) is 7.58. The number of rotatable bonds is 6. The lowest BCUT2D eigenvalue weighted by Crippen LogP contribution is -2.29. The first-order chi connectivity index (χ1) is 11.3. The topological polar surface area (TPSA) is 62.1 Å². The van der Waals surface area contributed by atoms with E-state index in [0.29, 0.717) is 18.8 Å². The first-order valence-electron chi connectivity index (χ1n) is 7.46. The Morgan fingerprint density at radius 1 is 0.739 bits per heavy atom. The molecule has 0 unspecified atom stereocenters. The minimum absolute atomic E-state index is 0.509. The molecule has 0 fully saturated rings. The Hall–Kier alpha value is -2.63. The first kappa shape index (κ1) is 15.3. The summed E-state index contributed by atoms with van der Waals surface area (Å²) in [6.07, 6.45) is 4.36. The molecule has 23 heavy (non-hydrogen) atoms. The fourth-order valence-electron chi connectivity index (χ4n) is 2.34. The standard InChI is InChI=1S/C18H18N4O/c23-18(17-9-3-6-12-21-17)22(13-15-7-1-4-10-19-15)14-16-8-2-5-11-20-16/h1-12,18,23H,13-14H2/t18-/m0/s1. The Labute approximate surface area is 135 Å².